The van der Waals surface area contributed by atoms with Crippen molar-refractivity contribution in [3.05, 3.63) is 33.3 Å². The van der Waals surface area contributed by atoms with Crippen molar-refractivity contribution >= 4 is 27.5 Å². The molecule has 0 radical (unpaired) electrons. The molecule has 1 aliphatic rings. The first-order valence-electron chi connectivity index (χ1n) is 5.22. The number of benzene rings is 1. The summed E-state index contributed by atoms with van der Waals surface area (Å²) in [6, 6.07) is 5.93. The van der Waals surface area contributed by atoms with Gasteiger partial charge in [0.2, 0.25) is 0 Å². The molecule has 1 aromatic rings. The first-order chi connectivity index (χ1) is 7.74. The molecule has 0 aromatic heterocycles. The van der Waals surface area contributed by atoms with Crippen molar-refractivity contribution in [1.29, 1.82) is 0 Å². The second kappa shape index (κ2) is 5.47. The fourth-order valence-corrected chi connectivity index (χ4v) is 2.68. The Bertz CT molecular complexity index is 369. The molecular formula is C11H14BrClN2O. The van der Waals surface area contributed by atoms with E-state index in [1.165, 1.54) is 0 Å². The molecule has 3 nitrogen and oxygen atoms in total. The summed E-state index contributed by atoms with van der Waals surface area (Å²) in [6.07, 6.45) is 1.01. The van der Waals surface area contributed by atoms with E-state index in [0.29, 0.717) is 5.92 Å². The van der Waals surface area contributed by atoms with E-state index < -0.39 is 0 Å². The van der Waals surface area contributed by atoms with Crippen LogP contribution in [-0.4, -0.2) is 13.2 Å². The number of halogens is 2. The van der Waals surface area contributed by atoms with E-state index in [0.717, 1.165) is 34.7 Å². The smallest absolute Gasteiger partial charge is 0.0596 e. The fourth-order valence-electron chi connectivity index (χ4n) is 2.06. The Labute approximate surface area is 108 Å². The summed E-state index contributed by atoms with van der Waals surface area (Å²) in [5.41, 5.74) is 3.87. The van der Waals surface area contributed by atoms with Gasteiger partial charge in [-0.1, -0.05) is 23.7 Å². The van der Waals surface area contributed by atoms with E-state index >= 15 is 0 Å². The Morgan fingerprint density at radius 3 is 3.00 bits per heavy atom. The molecule has 2 rings (SSSR count). The summed E-state index contributed by atoms with van der Waals surface area (Å²) in [6.45, 7) is 1.53. The Kier molecular flexibility index (Phi) is 4.21. The largest absolute Gasteiger partial charge is 0.381 e. The topological polar surface area (TPSA) is 47.3 Å². The third-order valence-corrected chi connectivity index (χ3v) is 4.24. The molecule has 1 saturated heterocycles. The van der Waals surface area contributed by atoms with Gasteiger partial charge < -0.3 is 4.74 Å². The Morgan fingerprint density at radius 1 is 1.56 bits per heavy atom. The van der Waals surface area contributed by atoms with Crippen LogP contribution in [-0.2, 0) is 4.74 Å². The lowest BCUT2D eigenvalue weighted by atomic mass is 9.93. The van der Waals surface area contributed by atoms with Crippen LogP contribution < -0.4 is 11.3 Å². The maximum absolute atomic E-state index is 6.26. The van der Waals surface area contributed by atoms with Crippen LogP contribution in [0.4, 0.5) is 0 Å². The first-order valence-corrected chi connectivity index (χ1v) is 6.39. The monoisotopic (exact) mass is 304 g/mol. The van der Waals surface area contributed by atoms with Crippen molar-refractivity contribution in [2.24, 2.45) is 11.8 Å². The normalized spacial score (nSPS) is 22.3. The van der Waals surface area contributed by atoms with Crippen molar-refractivity contribution < 1.29 is 4.74 Å². The van der Waals surface area contributed by atoms with Crippen molar-refractivity contribution in [1.82, 2.24) is 5.43 Å². The molecule has 1 heterocycles. The third-order valence-electron chi connectivity index (χ3n) is 2.93. The Morgan fingerprint density at radius 2 is 2.38 bits per heavy atom. The molecular weight excluding hydrogens is 291 g/mol. The number of hydrogen-bond acceptors (Lipinski definition) is 3. The molecule has 0 aliphatic carbocycles. The average Bonchev–Trinajstić information content (AvgIpc) is 2.79. The molecule has 3 N–H and O–H groups in total. The molecule has 16 heavy (non-hydrogen) atoms. The minimum absolute atomic E-state index is 0.0486. The molecule has 1 fully saturated rings. The summed E-state index contributed by atoms with van der Waals surface area (Å²) < 4.78 is 6.28. The first kappa shape index (κ1) is 12.3. The molecule has 88 valence electrons. The molecule has 2 unspecified atom stereocenters. The number of nitrogens with two attached hydrogens (primary N) is 1. The molecule has 1 aliphatic heterocycles. The molecule has 0 spiro atoms. The second-order valence-corrected chi connectivity index (χ2v) is 5.14. The Hall–Kier alpha value is -0.130. The van der Waals surface area contributed by atoms with Crippen LogP contribution in [0.15, 0.2) is 22.7 Å². The van der Waals surface area contributed by atoms with E-state index in [1.54, 1.807) is 0 Å². The van der Waals surface area contributed by atoms with Crippen LogP contribution in [0, 0.1) is 5.92 Å². The zero-order chi connectivity index (χ0) is 11.5. The van der Waals surface area contributed by atoms with Crippen LogP contribution >= 0.6 is 27.5 Å². The van der Waals surface area contributed by atoms with Gasteiger partial charge in [0, 0.05) is 17.0 Å². The predicted molar refractivity (Wildman–Crippen MR) is 68.1 cm³/mol. The minimum Gasteiger partial charge on any atom is -0.381 e. The van der Waals surface area contributed by atoms with Gasteiger partial charge in [0.25, 0.3) is 0 Å². The van der Waals surface area contributed by atoms with Crippen LogP contribution in [0.25, 0.3) is 0 Å². The highest BCUT2D eigenvalue weighted by molar-refractivity contribution is 9.10. The van der Waals surface area contributed by atoms with Crippen molar-refractivity contribution in [3.63, 3.8) is 0 Å². The highest BCUT2D eigenvalue weighted by atomic mass is 79.9. The van der Waals surface area contributed by atoms with Crippen LogP contribution in [0.3, 0.4) is 0 Å². The maximum Gasteiger partial charge on any atom is 0.0596 e. The number of hydrazine groups is 1. The van der Waals surface area contributed by atoms with Crippen LogP contribution in [0.1, 0.15) is 18.0 Å². The standard InChI is InChI=1S/C11H14BrClN2O/c12-9-3-1-2-8(10(9)13)11(15-14)7-4-5-16-6-7/h1-3,7,11,15H,4-6,14H2. The molecule has 0 bridgehead atoms. The summed E-state index contributed by atoms with van der Waals surface area (Å²) >= 11 is 9.68. The highest BCUT2D eigenvalue weighted by Crippen LogP contribution is 2.35. The van der Waals surface area contributed by atoms with Gasteiger partial charge >= 0.3 is 0 Å². The van der Waals surface area contributed by atoms with Gasteiger partial charge in [-0.05, 0) is 34.0 Å². The SMILES string of the molecule is NNC(c1cccc(Br)c1Cl)C1CCOC1. The number of nitrogens with one attached hydrogen (secondary N) is 1. The van der Waals surface area contributed by atoms with Crippen LogP contribution in [0.5, 0.6) is 0 Å². The quantitative estimate of drug-likeness (QED) is 0.667. The lowest BCUT2D eigenvalue weighted by Gasteiger charge is -2.23. The Balaban J connectivity index is 2.28. The van der Waals surface area contributed by atoms with E-state index in [4.69, 9.17) is 22.2 Å². The number of hydrogen-bond donors (Lipinski definition) is 2. The van der Waals surface area contributed by atoms with E-state index in [-0.39, 0.29) is 6.04 Å². The molecule has 2 atom stereocenters. The molecule has 0 saturated carbocycles. The van der Waals surface area contributed by atoms with Crippen molar-refractivity contribution in [3.8, 4) is 0 Å². The molecule has 5 heteroatoms. The molecule has 1 aromatic carbocycles. The van der Waals surface area contributed by atoms with Crippen molar-refractivity contribution in [2.45, 2.75) is 12.5 Å². The predicted octanol–water partition coefficient (Wildman–Crippen LogP) is 2.64. The summed E-state index contributed by atoms with van der Waals surface area (Å²) in [5.74, 6) is 6.01. The fraction of sp³-hybridized carbons (Fsp3) is 0.455. The van der Waals surface area contributed by atoms with E-state index in [2.05, 4.69) is 21.4 Å². The zero-order valence-electron chi connectivity index (χ0n) is 8.75. The van der Waals surface area contributed by atoms with Gasteiger partial charge in [0.1, 0.15) is 0 Å². The van der Waals surface area contributed by atoms with Gasteiger partial charge in [-0.25, -0.2) is 0 Å². The van der Waals surface area contributed by atoms with E-state index in [1.807, 2.05) is 18.2 Å². The maximum atomic E-state index is 6.26. The average molecular weight is 306 g/mol. The second-order valence-electron chi connectivity index (χ2n) is 3.91. The third kappa shape index (κ3) is 2.41. The summed E-state index contributed by atoms with van der Waals surface area (Å²) in [7, 11) is 0. The highest BCUT2D eigenvalue weighted by Gasteiger charge is 2.27. The van der Waals surface area contributed by atoms with Crippen LogP contribution in [0.2, 0.25) is 5.02 Å². The minimum atomic E-state index is 0.0486. The summed E-state index contributed by atoms with van der Waals surface area (Å²) in [4.78, 5) is 0. The van der Waals surface area contributed by atoms with Gasteiger partial charge in [0.05, 0.1) is 17.7 Å². The molecule has 0 amide bonds. The number of ether oxygens (including phenoxy) is 1. The lowest BCUT2D eigenvalue weighted by Crippen LogP contribution is -2.34. The van der Waals surface area contributed by atoms with Gasteiger partial charge in [0.15, 0.2) is 0 Å². The van der Waals surface area contributed by atoms with Gasteiger partial charge in [-0.3, -0.25) is 11.3 Å². The van der Waals surface area contributed by atoms with Crippen molar-refractivity contribution in [2.75, 3.05) is 13.2 Å². The van der Waals surface area contributed by atoms with Gasteiger partial charge in [-0.15, -0.1) is 0 Å². The lowest BCUT2D eigenvalue weighted by molar-refractivity contribution is 0.177. The zero-order valence-corrected chi connectivity index (χ0v) is 11.1. The van der Waals surface area contributed by atoms with E-state index in [9.17, 15) is 0 Å². The summed E-state index contributed by atoms with van der Waals surface area (Å²) in [5, 5.41) is 0.720. The number of rotatable bonds is 3. The van der Waals surface area contributed by atoms with Gasteiger partial charge in [-0.2, -0.15) is 0 Å².